The van der Waals surface area contributed by atoms with E-state index < -0.39 is 0 Å². The van der Waals surface area contributed by atoms with Crippen molar-refractivity contribution in [3.8, 4) is 28.4 Å². The van der Waals surface area contributed by atoms with Gasteiger partial charge in [0, 0.05) is 5.56 Å². The normalized spacial score (nSPS) is 10.1. The predicted molar refractivity (Wildman–Crippen MR) is 61.8 cm³/mol. The zero-order chi connectivity index (χ0) is 11.5. The van der Waals surface area contributed by atoms with Crippen molar-refractivity contribution < 1.29 is 14.9 Å². The smallest absolute Gasteiger partial charge is 0.160 e. The van der Waals surface area contributed by atoms with Gasteiger partial charge in [0.05, 0.1) is 7.11 Å². The number of hydrogen-bond acceptors (Lipinski definition) is 3. The van der Waals surface area contributed by atoms with E-state index >= 15 is 0 Å². The number of rotatable bonds is 2. The molecule has 3 nitrogen and oxygen atoms in total. The molecule has 0 amide bonds. The Labute approximate surface area is 93.6 Å². The quantitative estimate of drug-likeness (QED) is 0.811. The number of para-hydroxylation sites is 1. The van der Waals surface area contributed by atoms with Crippen LogP contribution in [0.4, 0.5) is 0 Å². The van der Waals surface area contributed by atoms with Gasteiger partial charge in [-0.3, -0.25) is 0 Å². The third-order valence-corrected chi connectivity index (χ3v) is 2.39. The topological polar surface area (TPSA) is 49.7 Å². The van der Waals surface area contributed by atoms with Crippen LogP contribution in [0.5, 0.6) is 17.2 Å². The highest BCUT2D eigenvalue weighted by Gasteiger charge is 2.06. The van der Waals surface area contributed by atoms with Gasteiger partial charge in [-0.2, -0.15) is 0 Å². The summed E-state index contributed by atoms with van der Waals surface area (Å²) in [5.74, 6) is 0.662. The Morgan fingerprint density at radius 1 is 0.938 bits per heavy atom. The number of phenols is 2. The van der Waals surface area contributed by atoms with E-state index in [4.69, 9.17) is 4.74 Å². The second-order valence-electron chi connectivity index (χ2n) is 3.40. The van der Waals surface area contributed by atoms with E-state index in [1.165, 1.54) is 7.11 Å². The average molecular weight is 216 g/mol. The zero-order valence-electron chi connectivity index (χ0n) is 8.84. The first-order valence-corrected chi connectivity index (χ1v) is 4.87. The van der Waals surface area contributed by atoms with Gasteiger partial charge in [-0.05, 0) is 23.8 Å². The lowest BCUT2D eigenvalue weighted by Crippen LogP contribution is -1.84. The SMILES string of the molecule is COc1ccc(-c2ccccc2O)cc1O. The molecule has 0 saturated heterocycles. The number of ether oxygens (including phenoxy) is 1. The number of phenolic OH excluding ortho intramolecular Hbond substituents is 2. The first kappa shape index (κ1) is 10.4. The monoisotopic (exact) mass is 216 g/mol. The standard InChI is InChI=1S/C13H12O3/c1-16-13-7-6-9(8-12(13)15)10-4-2-3-5-11(10)14/h2-8,14-15H,1H3. The number of hydrogen-bond donors (Lipinski definition) is 2. The first-order valence-electron chi connectivity index (χ1n) is 4.87. The third kappa shape index (κ3) is 1.80. The van der Waals surface area contributed by atoms with Gasteiger partial charge in [0.2, 0.25) is 0 Å². The fourth-order valence-corrected chi connectivity index (χ4v) is 1.58. The lowest BCUT2D eigenvalue weighted by Gasteiger charge is -2.07. The van der Waals surface area contributed by atoms with Crippen LogP contribution in [0.2, 0.25) is 0 Å². The van der Waals surface area contributed by atoms with Gasteiger partial charge < -0.3 is 14.9 Å². The van der Waals surface area contributed by atoms with Crippen molar-refractivity contribution in [1.82, 2.24) is 0 Å². The van der Waals surface area contributed by atoms with E-state index in [0.29, 0.717) is 11.3 Å². The van der Waals surface area contributed by atoms with E-state index in [0.717, 1.165) is 5.56 Å². The third-order valence-electron chi connectivity index (χ3n) is 2.39. The van der Waals surface area contributed by atoms with Gasteiger partial charge >= 0.3 is 0 Å². The summed E-state index contributed by atoms with van der Waals surface area (Å²) >= 11 is 0. The zero-order valence-corrected chi connectivity index (χ0v) is 8.84. The molecular weight excluding hydrogens is 204 g/mol. The predicted octanol–water partition coefficient (Wildman–Crippen LogP) is 2.77. The van der Waals surface area contributed by atoms with Crippen LogP contribution in [0.1, 0.15) is 0 Å². The van der Waals surface area contributed by atoms with Gasteiger partial charge in [0.15, 0.2) is 11.5 Å². The van der Waals surface area contributed by atoms with Crippen LogP contribution in [-0.2, 0) is 0 Å². The summed E-state index contributed by atoms with van der Waals surface area (Å²) in [6, 6.07) is 12.0. The molecule has 0 spiro atoms. The van der Waals surface area contributed by atoms with E-state index in [2.05, 4.69) is 0 Å². The highest BCUT2D eigenvalue weighted by molar-refractivity contribution is 5.72. The first-order chi connectivity index (χ1) is 7.72. The molecule has 0 aliphatic rings. The minimum absolute atomic E-state index is 0.0586. The Morgan fingerprint density at radius 3 is 2.31 bits per heavy atom. The molecule has 3 heteroatoms. The minimum Gasteiger partial charge on any atom is -0.507 e. The largest absolute Gasteiger partial charge is 0.507 e. The lowest BCUT2D eigenvalue weighted by molar-refractivity contribution is 0.373. The Bertz CT molecular complexity index is 506. The second kappa shape index (κ2) is 4.14. The molecule has 0 aliphatic carbocycles. The number of aromatic hydroxyl groups is 2. The molecular formula is C13H12O3. The molecule has 16 heavy (non-hydrogen) atoms. The fraction of sp³-hybridized carbons (Fsp3) is 0.0769. The Hall–Kier alpha value is -2.16. The number of benzene rings is 2. The molecule has 0 atom stereocenters. The molecule has 0 aliphatic heterocycles. The van der Waals surface area contributed by atoms with Crippen LogP contribution in [0, 0.1) is 0 Å². The van der Waals surface area contributed by atoms with Gasteiger partial charge in [0.25, 0.3) is 0 Å². The van der Waals surface area contributed by atoms with Crippen LogP contribution in [0.3, 0.4) is 0 Å². The summed E-state index contributed by atoms with van der Waals surface area (Å²) in [7, 11) is 1.49. The molecule has 82 valence electrons. The minimum atomic E-state index is 0.0586. The van der Waals surface area contributed by atoms with Crippen LogP contribution in [-0.4, -0.2) is 17.3 Å². The lowest BCUT2D eigenvalue weighted by atomic mass is 10.0. The molecule has 2 aromatic carbocycles. The Balaban J connectivity index is 2.50. The highest BCUT2D eigenvalue weighted by atomic mass is 16.5. The molecule has 0 saturated carbocycles. The van der Waals surface area contributed by atoms with E-state index in [1.54, 1.807) is 36.4 Å². The summed E-state index contributed by atoms with van der Waals surface area (Å²) in [4.78, 5) is 0. The highest BCUT2D eigenvalue weighted by Crippen LogP contribution is 2.34. The van der Waals surface area contributed by atoms with Crippen molar-refractivity contribution in [3.63, 3.8) is 0 Å². The molecule has 0 unspecified atom stereocenters. The van der Waals surface area contributed by atoms with Crippen molar-refractivity contribution in [2.45, 2.75) is 0 Å². The maximum absolute atomic E-state index is 9.67. The van der Waals surface area contributed by atoms with Crippen molar-refractivity contribution in [2.75, 3.05) is 7.11 Å². The van der Waals surface area contributed by atoms with Gasteiger partial charge in [-0.15, -0.1) is 0 Å². The number of methoxy groups -OCH3 is 1. The molecule has 0 heterocycles. The summed E-state index contributed by atoms with van der Waals surface area (Å²) in [6.45, 7) is 0. The molecule has 0 radical (unpaired) electrons. The molecule has 0 aromatic heterocycles. The van der Waals surface area contributed by atoms with Gasteiger partial charge in [0.1, 0.15) is 5.75 Å². The van der Waals surface area contributed by atoms with Gasteiger partial charge in [-0.1, -0.05) is 24.3 Å². The molecule has 2 rings (SSSR count). The molecule has 0 fully saturated rings. The molecule has 2 N–H and O–H groups in total. The Kier molecular flexibility index (Phi) is 2.68. The molecule has 2 aromatic rings. The van der Waals surface area contributed by atoms with Gasteiger partial charge in [-0.25, -0.2) is 0 Å². The van der Waals surface area contributed by atoms with Crippen molar-refractivity contribution in [1.29, 1.82) is 0 Å². The second-order valence-corrected chi connectivity index (χ2v) is 3.40. The fourth-order valence-electron chi connectivity index (χ4n) is 1.58. The van der Waals surface area contributed by atoms with Crippen LogP contribution in [0.15, 0.2) is 42.5 Å². The average Bonchev–Trinajstić information content (AvgIpc) is 2.29. The molecule has 0 bridgehead atoms. The van der Waals surface area contributed by atoms with E-state index in [9.17, 15) is 10.2 Å². The van der Waals surface area contributed by atoms with E-state index in [1.807, 2.05) is 6.07 Å². The maximum Gasteiger partial charge on any atom is 0.160 e. The van der Waals surface area contributed by atoms with Crippen molar-refractivity contribution >= 4 is 0 Å². The summed E-state index contributed by atoms with van der Waals surface area (Å²) in [6.07, 6.45) is 0. The van der Waals surface area contributed by atoms with Crippen molar-refractivity contribution in [2.24, 2.45) is 0 Å². The summed E-state index contributed by atoms with van der Waals surface area (Å²) in [5, 5.41) is 19.3. The summed E-state index contributed by atoms with van der Waals surface area (Å²) in [5.41, 5.74) is 1.43. The van der Waals surface area contributed by atoms with Crippen molar-refractivity contribution in [3.05, 3.63) is 42.5 Å². The summed E-state index contributed by atoms with van der Waals surface area (Å²) < 4.78 is 4.95. The van der Waals surface area contributed by atoms with Crippen LogP contribution < -0.4 is 4.74 Å². The van der Waals surface area contributed by atoms with E-state index in [-0.39, 0.29) is 11.5 Å². The maximum atomic E-state index is 9.67. The van der Waals surface area contributed by atoms with Crippen LogP contribution in [0.25, 0.3) is 11.1 Å². The van der Waals surface area contributed by atoms with Crippen LogP contribution >= 0.6 is 0 Å². The Morgan fingerprint density at radius 2 is 1.69 bits per heavy atom.